The minimum absolute atomic E-state index is 0.0170. The number of nitrogens with one attached hydrogen (secondary N) is 1. The molecule has 0 unspecified atom stereocenters. The normalized spacial score (nSPS) is 20.8. The second-order valence-corrected chi connectivity index (χ2v) is 10.2. The molecular formula is C28H32N4O2S. The summed E-state index contributed by atoms with van der Waals surface area (Å²) in [6.45, 7) is 6.24. The molecule has 3 aromatic rings. The Kier molecular flexibility index (Phi) is 6.36. The first-order chi connectivity index (χ1) is 16.9. The van der Waals surface area contributed by atoms with Crippen molar-refractivity contribution in [2.45, 2.75) is 71.0 Å². The maximum absolute atomic E-state index is 11.7. The molecule has 2 aromatic heterocycles. The van der Waals surface area contributed by atoms with Gasteiger partial charge in [0.2, 0.25) is 0 Å². The zero-order valence-electron chi connectivity index (χ0n) is 20.5. The number of hydrogen-bond acceptors (Lipinski definition) is 3. The van der Waals surface area contributed by atoms with Gasteiger partial charge in [0.1, 0.15) is 0 Å². The predicted octanol–water partition coefficient (Wildman–Crippen LogP) is 5.80. The number of nitrogens with zero attached hydrogens (tertiary/aromatic N) is 3. The molecule has 1 saturated heterocycles. The molecule has 0 bridgehead atoms. The minimum atomic E-state index is -0.919. The third-order valence-corrected chi connectivity index (χ3v) is 7.92. The third-order valence-electron chi connectivity index (χ3n) is 7.59. The van der Waals surface area contributed by atoms with Crippen LogP contribution in [0.3, 0.4) is 0 Å². The molecule has 7 heteroatoms. The highest BCUT2D eigenvalue weighted by Gasteiger charge is 2.44. The van der Waals surface area contributed by atoms with E-state index in [1.807, 2.05) is 31.3 Å². The molecule has 6 nitrogen and oxygen atoms in total. The third kappa shape index (κ3) is 4.22. The molecule has 1 aromatic carbocycles. The average Bonchev–Trinajstić information content (AvgIpc) is 3.35. The van der Waals surface area contributed by atoms with Crippen molar-refractivity contribution in [2.75, 3.05) is 0 Å². The number of aromatic carboxylic acids is 1. The molecular weight excluding hydrogens is 456 g/mol. The average molecular weight is 489 g/mol. The van der Waals surface area contributed by atoms with E-state index >= 15 is 0 Å². The summed E-state index contributed by atoms with van der Waals surface area (Å²) in [5.41, 5.74) is 6.59. The summed E-state index contributed by atoms with van der Waals surface area (Å²) in [4.78, 5) is 18.8. The van der Waals surface area contributed by atoms with Crippen molar-refractivity contribution in [3.63, 3.8) is 0 Å². The number of benzene rings is 1. The summed E-state index contributed by atoms with van der Waals surface area (Å²) in [5.74, 6) is -0.919. The van der Waals surface area contributed by atoms with Crippen LogP contribution in [0.4, 0.5) is 0 Å². The molecule has 2 fully saturated rings. The largest absolute Gasteiger partial charge is 0.478 e. The van der Waals surface area contributed by atoms with E-state index in [-0.39, 0.29) is 12.1 Å². The van der Waals surface area contributed by atoms with Gasteiger partial charge in [-0.1, -0.05) is 31.4 Å². The molecule has 1 saturated carbocycles. The van der Waals surface area contributed by atoms with Gasteiger partial charge in [0, 0.05) is 29.3 Å². The lowest BCUT2D eigenvalue weighted by Gasteiger charge is -2.37. The van der Waals surface area contributed by atoms with Gasteiger partial charge in [-0.3, -0.25) is 4.98 Å². The van der Waals surface area contributed by atoms with Gasteiger partial charge < -0.3 is 19.9 Å². The number of rotatable bonds is 5. The van der Waals surface area contributed by atoms with Crippen molar-refractivity contribution in [2.24, 2.45) is 0 Å². The lowest BCUT2D eigenvalue weighted by molar-refractivity contribution is 0.0697. The highest BCUT2D eigenvalue weighted by molar-refractivity contribution is 7.80. The van der Waals surface area contributed by atoms with E-state index in [0.29, 0.717) is 11.6 Å². The van der Waals surface area contributed by atoms with Crippen molar-refractivity contribution in [1.82, 2.24) is 19.8 Å². The molecule has 35 heavy (non-hydrogen) atoms. The smallest absolute Gasteiger partial charge is 0.335 e. The van der Waals surface area contributed by atoms with Crippen LogP contribution in [0, 0.1) is 20.8 Å². The van der Waals surface area contributed by atoms with Crippen molar-refractivity contribution in [3.8, 4) is 5.69 Å². The van der Waals surface area contributed by atoms with Gasteiger partial charge >= 0.3 is 5.97 Å². The van der Waals surface area contributed by atoms with Crippen LogP contribution in [0.25, 0.3) is 5.69 Å². The number of carbonyl (C=O) groups is 1. The summed E-state index contributed by atoms with van der Waals surface area (Å²) in [7, 11) is 0. The van der Waals surface area contributed by atoms with E-state index in [0.717, 1.165) is 46.3 Å². The van der Waals surface area contributed by atoms with Crippen LogP contribution in [0.1, 0.15) is 82.8 Å². The van der Waals surface area contributed by atoms with Gasteiger partial charge in [0.05, 0.1) is 23.3 Å². The second-order valence-electron chi connectivity index (χ2n) is 9.79. The van der Waals surface area contributed by atoms with Crippen LogP contribution in [0.15, 0.2) is 48.7 Å². The second kappa shape index (κ2) is 9.46. The maximum Gasteiger partial charge on any atom is 0.335 e. The van der Waals surface area contributed by atoms with Crippen molar-refractivity contribution in [1.29, 1.82) is 0 Å². The lowest BCUT2D eigenvalue weighted by atomic mass is 9.90. The molecule has 3 heterocycles. The summed E-state index contributed by atoms with van der Waals surface area (Å²) >= 11 is 5.93. The van der Waals surface area contributed by atoms with E-state index < -0.39 is 5.97 Å². The fourth-order valence-electron chi connectivity index (χ4n) is 5.89. The molecule has 1 aliphatic carbocycles. The fraction of sp³-hybridized carbons (Fsp3) is 0.393. The van der Waals surface area contributed by atoms with Crippen molar-refractivity contribution < 1.29 is 9.90 Å². The van der Waals surface area contributed by atoms with Gasteiger partial charge in [-0.05, 0) is 87.3 Å². The minimum Gasteiger partial charge on any atom is -0.478 e. The van der Waals surface area contributed by atoms with Crippen LogP contribution in [0.2, 0.25) is 0 Å². The Labute approximate surface area is 212 Å². The van der Waals surface area contributed by atoms with Gasteiger partial charge in [-0.15, -0.1) is 0 Å². The Bertz CT molecular complexity index is 1260. The van der Waals surface area contributed by atoms with Gasteiger partial charge in [-0.2, -0.15) is 0 Å². The zero-order chi connectivity index (χ0) is 24.7. The van der Waals surface area contributed by atoms with Crippen molar-refractivity contribution >= 4 is 23.3 Å². The number of carboxylic acid groups (broad SMARTS) is 1. The SMILES string of the molecule is Cc1ccc(C(=O)O)cc1-n1c(C)cc([C@H]2[C@@H](c3ccccn3)NC(=S)N2C2CCCCC2)c1C. The summed E-state index contributed by atoms with van der Waals surface area (Å²) in [6.07, 6.45) is 7.87. The Morgan fingerprint density at radius 2 is 1.86 bits per heavy atom. The number of carboxylic acids is 1. The van der Waals surface area contributed by atoms with Crippen LogP contribution < -0.4 is 5.32 Å². The Morgan fingerprint density at radius 1 is 1.09 bits per heavy atom. The number of thiocarbonyl (C=S) groups is 1. The molecule has 2 N–H and O–H groups in total. The molecule has 0 amide bonds. The summed E-state index contributed by atoms with van der Waals surface area (Å²) in [5, 5.41) is 14.0. The Balaban J connectivity index is 1.65. The fourth-order valence-corrected chi connectivity index (χ4v) is 6.28. The van der Waals surface area contributed by atoms with E-state index in [9.17, 15) is 9.90 Å². The van der Waals surface area contributed by atoms with E-state index in [1.165, 1.54) is 24.8 Å². The monoisotopic (exact) mass is 488 g/mol. The molecule has 2 aliphatic rings. The number of aromatic nitrogens is 2. The lowest BCUT2D eigenvalue weighted by Crippen LogP contribution is -2.40. The van der Waals surface area contributed by atoms with Gasteiger partial charge in [-0.25, -0.2) is 4.79 Å². The van der Waals surface area contributed by atoms with Gasteiger partial charge in [0.15, 0.2) is 5.11 Å². The molecule has 0 radical (unpaired) electrons. The van der Waals surface area contributed by atoms with E-state index in [2.05, 4.69) is 40.8 Å². The van der Waals surface area contributed by atoms with Crippen LogP contribution in [-0.4, -0.2) is 36.7 Å². The Hall–Kier alpha value is -3.19. The first kappa shape index (κ1) is 23.5. The summed E-state index contributed by atoms with van der Waals surface area (Å²) in [6, 6.07) is 14.0. The number of hydrogen-bond donors (Lipinski definition) is 2. The zero-order valence-corrected chi connectivity index (χ0v) is 21.3. The van der Waals surface area contributed by atoms with Crippen LogP contribution in [-0.2, 0) is 0 Å². The Morgan fingerprint density at radius 3 is 2.54 bits per heavy atom. The summed E-state index contributed by atoms with van der Waals surface area (Å²) < 4.78 is 2.19. The standard InChI is InChI=1S/C28H32N4O2S/c1-17-12-13-20(27(33)34)16-24(17)31-18(2)15-22(19(31)3)26-25(23-11-7-8-14-29-23)30-28(35)32(26)21-9-5-4-6-10-21/h7-8,11-16,21,25-26H,4-6,9-10H2,1-3H3,(H,30,35)(H,33,34)/t25-,26+/m1/s1. The number of aryl methyl sites for hydroxylation is 2. The highest BCUT2D eigenvalue weighted by atomic mass is 32.1. The van der Waals surface area contributed by atoms with Crippen LogP contribution >= 0.6 is 12.2 Å². The van der Waals surface area contributed by atoms with Crippen LogP contribution in [0.5, 0.6) is 0 Å². The number of pyridine rings is 1. The van der Waals surface area contributed by atoms with Crippen molar-refractivity contribution in [3.05, 3.63) is 82.4 Å². The molecule has 0 spiro atoms. The maximum atomic E-state index is 11.7. The first-order valence-electron chi connectivity index (χ1n) is 12.4. The first-order valence-corrected chi connectivity index (χ1v) is 12.8. The molecule has 5 rings (SSSR count). The molecule has 182 valence electrons. The van der Waals surface area contributed by atoms with Gasteiger partial charge in [0.25, 0.3) is 0 Å². The highest BCUT2D eigenvalue weighted by Crippen LogP contribution is 2.44. The predicted molar refractivity (Wildman–Crippen MR) is 141 cm³/mol. The van der Waals surface area contributed by atoms with E-state index in [1.54, 1.807) is 12.1 Å². The quantitative estimate of drug-likeness (QED) is 0.442. The molecule has 1 aliphatic heterocycles. The molecule has 2 atom stereocenters. The topological polar surface area (TPSA) is 70.4 Å². The van der Waals surface area contributed by atoms with E-state index in [4.69, 9.17) is 17.2 Å².